The topological polar surface area (TPSA) is 36.9 Å². The normalized spacial score (nSPS) is 30.8. The second-order valence-electron chi connectivity index (χ2n) is 5.89. The molecule has 0 bridgehead atoms. The Morgan fingerprint density at radius 3 is 2.95 bits per heavy atom. The highest BCUT2D eigenvalue weighted by molar-refractivity contribution is 5.81. The van der Waals surface area contributed by atoms with E-state index in [1.165, 1.54) is 25.7 Å². The minimum Gasteiger partial charge on any atom is -0.384 e. The van der Waals surface area contributed by atoms with Crippen LogP contribution in [-0.2, 0) is 4.74 Å². The van der Waals surface area contributed by atoms with Crippen molar-refractivity contribution in [2.24, 2.45) is 16.8 Å². The number of methoxy groups -OCH3 is 1. The Labute approximate surface area is 117 Å². The third-order valence-corrected chi connectivity index (χ3v) is 4.19. The molecule has 0 amide bonds. The predicted molar refractivity (Wildman–Crippen MR) is 79.5 cm³/mol. The first kappa shape index (κ1) is 14.6. The third-order valence-electron chi connectivity index (χ3n) is 4.19. The van der Waals surface area contributed by atoms with Crippen LogP contribution >= 0.6 is 0 Å². The molecule has 0 aromatic heterocycles. The molecule has 1 N–H and O–H groups in total. The Morgan fingerprint density at radius 1 is 1.42 bits per heavy atom. The minimum atomic E-state index is 0.666. The fourth-order valence-corrected chi connectivity index (χ4v) is 3.06. The number of aliphatic imine (C=N–C) groups is 1. The second-order valence-corrected chi connectivity index (χ2v) is 5.89. The maximum Gasteiger partial charge on any atom is 0.194 e. The molecule has 110 valence electrons. The third kappa shape index (κ3) is 4.10. The van der Waals surface area contributed by atoms with Crippen molar-refractivity contribution in [3.05, 3.63) is 0 Å². The summed E-state index contributed by atoms with van der Waals surface area (Å²) in [7, 11) is 1.79. The Balaban J connectivity index is 1.82. The number of ether oxygens (including phenoxy) is 1. The second kappa shape index (κ2) is 7.13. The molecule has 2 fully saturated rings. The van der Waals surface area contributed by atoms with Crippen molar-refractivity contribution in [2.75, 3.05) is 33.4 Å². The van der Waals surface area contributed by atoms with Gasteiger partial charge in [0.2, 0.25) is 0 Å². The summed E-state index contributed by atoms with van der Waals surface area (Å²) in [4.78, 5) is 7.08. The van der Waals surface area contributed by atoms with Crippen LogP contribution in [0.1, 0.15) is 39.5 Å². The standard InChI is InChI=1S/C15H29N3O/c1-4-6-13-9-14(13)17-15(16-5-2)18-8-7-12(10-18)11-19-3/h12-14H,4-11H2,1-3H3,(H,16,17). The van der Waals surface area contributed by atoms with Crippen LogP contribution < -0.4 is 5.32 Å². The van der Waals surface area contributed by atoms with E-state index < -0.39 is 0 Å². The highest BCUT2D eigenvalue weighted by Crippen LogP contribution is 2.34. The Kier molecular flexibility index (Phi) is 5.49. The van der Waals surface area contributed by atoms with Crippen molar-refractivity contribution in [3.8, 4) is 0 Å². The Bertz CT molecular complexity index is 306. The first-order valence-corrected chi connectivity index (χ1v) is 7.83. The lowest BCUT2D eigenvalue weighted by atomic mass is 10.1. The van der Waals surface area contributed by atoms with Gasteiger partial charge in [0.1, 0.15) is 0 Å². The Hall–Kier alpha value is -0.770. The van der Waals surface area contributed by atoms with Crippen LogP contribution in [0.15, 0.2) is 4.99 Å². The highest BCUT2D eigenvalue weighted by atomic mass is 16.5. The van der Waals surface area contributed by atoms with Crippen molar-refractivity contribution in [3.63, 3.8) is 0 Å². The first-order valence-electron chi connectivity index (χ1n) is 7.83. The van der Waals surface area contributed by atoms with Gasteiger partial charge >= 0.3 is 0 Å². The summed E-state index contributed by atoms with van der Waals surface area (Å²) < 4.78 is 5.27. The molecular weight excluding hydrogens is 238 g/mol. The minimum absolute atomic E-state index is 0.666. The van der Waals surface area contributed by atoms with Gasteiger partial charge in [-0.05, 0) is 32.1 Å². The van der Waals surface area contributed by atoms with E-state index in [2.05, 4.69) is 29.1 Å². The zero-order chi connectivity index (χ0) is 13.7. The van der Waals surface area contributed by atoms with Crippen molar-refractivity contribution < 1.29 is 4.74 Å². The molecule has 1 saturated heterocycles. The molecule has 3 atom stereocenters. The van der Waals surface area contributed by atoms with Gasteiger partial charge < -0.3 is 15.0 Å². The maximum atomic E-state index is 5.27. The van der Waals surface area contributed by atoms with Crippen molar-refractivity contribution >= 4 is 5.96 Å². The molecule has 19 heavy (non-hydrogen) atoms. The maximum absolute atomic E-state index is 5.27. The number of guanidine groups is 1. The number of nitrogens with one attached hydrogen (secondary N) is 1. The van der Waals surface area contributed by atoms with Crippen molar-refractivity contribution in [1.82, 2.24) is 10.2 Å². The summed E-state index contributed by atoms with van der Waals surface area (Å²) in [5.41, 5.74) is 0. The summed E-state index contributed by atoms with van der Waals surface area (Å²) in [6, 6.07) is 0.673. The summed E-state index contributed by atoms with van der Waals surface area (Å²) in [6.07, 6.45) is 5.19. The average molecular weight is 267 g/mol. The molecule has 3 unspecified atom stereocenters. The van der Waals surface area contributed by atoms with E-state index in [-0.39, 0.29) is 0 Å². The molecule has 0 aromatic rings. The van der Waals surface area contributed by atoms with Gasteiger partial charge in [-0.2, -0.15) is 0 Å². The lowest BCUT2D eigenvalue weighted by Crippen LogP contribution is -2.42. The van der Waals surface area contributed by atoms with Gasteiger partial charge in [0.15, 0.2) is 5.96 Å². The molecule has 1 heterocycles. The molecule has 2 aliphatic rings. The molecule has 0 aromatic carbocycles. The number of rotatable bonds is 6. The zero-order valence-electron chi connectivity index (χ0n) is 12.7. The van der Waals surface area contributed by atoms with E-state index in [0.717, 1.165) is 38.1 Å². The van der Waals surface area contributed by atoms with Gasteiger partial charge in [-0.15, -0.1) is 0 Å². The number of hydrogen-bond acceptors (Lipinski definition) is 2. The van der Waals surface area contributed by atoms with Gasteiger partial charge in [-0.25, -0.2) is 0 Å². The molecule has 1 aliphatic carbocycles. The van der Waals surface area contributed by atoms with Crippen LogP contribution in [0.5, 0.6) is 0 Å². The van der Waals surface area contributed by atoms with Crippen LogP contribution in [-0.4, -0.2) is 50.3 Å². The number of likely N-dealkylation sites (tertiary alicyclic amines) is 1. The molecule has 4 nitrogen and oxygen atoms in total. The summed E-state index contributed by atoms with van der Waals surface area (Å²) in [6.45, 7) is 8.32. The van der Waals surface area contributed by atoms with Gasteiger partial charge in [-0.3, -0.25) is 4.99 Å². The van der Waals surface area contributed by atoms with E-state index in [4.69, 9.17) is 4.74 Å². The van der Waals surface area contributed by atoms with E-state index >= 15 is 0 Å². The molecule has 1 aliphatic heterocycles. The van der Waals surface area contributed by atoms with E-state index in [0.29, 0.717) is 12.0 Å². The quantitative estimate of drug-likeness (QED) is 0.591. The fourth-order valence-electron chi connectivity index (χ4n) is 3.06. The van der Waals surface area contributed by atoms with E-state index in [1.807, 2.05) is 0 Å². The summed E-state index contributed by atoms with van der Waals surface area (Å²) >= 11 is 0. The van der Waals surface area contributed by atoms with Crippen LogP contribution in [0.4, 0.5) is 0 Å². The van der Waals surface area contributed by atoms with E-state index in [9.17, 15) is 0 Å². The Morgan fingerprint density at radius 2 is 2.26 bits per heavy atom. The summed E-state index contributed by atoms with van der Waals surface area (Å²) in [5, 5.41) is 3.67. The van der Waals surface area contributed by atoms with Crippen LogP contribution in [0.25, 0.3) is 0 Å². The number of nitrogens with zero attached hydrogens (tertiary/aromatic N) is 2. The SMILES string of the molecule is CCCC1CC1NC(=NCC)N1CCC(COC)C1. The van der Waals surface area contributed by atoms with Gasteiger partial charge in [-0.1, -0.05) is 13.3 Å². The first-order chi connectivity index (χ1) is 9.28. The van der Waals surface area contributed by atoms with Crippen LogP contribution in [0.3, 0.4) is 0 Å². The van der Waals surface area contributed by atoms with Crippen molar-refractivity contribution in [1.29, 1.82) is 0 Å². The van der Waals surface area contributed by atoms with Crippen LogP contribution in [0.2, 0.25) is 0 Å². The predicted octanol–water partition coefficient (Wildman–Crippen LogP) is 2.11. The molecule has 0 radical (unpaired) electrons. The largest absolute Gasteiger partial charge is 0.384 e. The molecule has 0 spiro atoms. The monoisotopic (exact) mass is 267 g/mol. The van der Waals surface area contributed by atoms with Gasteiger partial charge in [0.05, 0.1) is 6.61 Å². The van der Waals surface area contributed by atoms with Gasteiger partial charge in [0, 0.05) is 38.7 Å². The number of hydrogen-bond donors (Lipinski definition) is 1. The fraction of sp³-hybridized carbons (Fsp3) is 0.933. The molecular formula is C15H29N3O. The molecule has 2 rings (SSSR count). The smallest absolute Gasteiger partial charge is 0.194 e. The summed E-state index contributed by atoms with van der Waals surface area (Å²) in [5.74, 6) is 2.67. The van der Waals surface area contributed by atoms with E-state index in [1.54, 1.807) is 7.11 Å². The molecule has 1 saturated carbocycles. The van der Waals surface area contributed by atoms with Crippen LogP contribution in [0, 0.1) is 11.8 Å². The average Bonchev–Trinajstić information content (AvgIpc) is 2.95. The van der Waals surface area contributed by atoms with Gasteiger partial charge in [0.25, 0.3) is 0 Å². The lowest BCUT2D eigenvalue weighted by molar-refractivity contribution is 0.157. The lowest BCUT2D eigenvalue weighted by Gasteiger charge is -2.22. The highest BCUT2D eigenvalue weighted by Gasteiger charge is 2.38. The zero-order valence-corrected chi connectivity index (χ0v) is 12.7. The molecule has 4 heteroatoms. The van der Waals surface area contributed by atoms with Crippen molar-refractivity contribution in [2.45, 2.75) is 45.6 Å².